The first-order valence-electron chi connectivity index (χ1n) is 4.90. The van der Waals surface area contributed by atoms with Crippen LogP contribution in [-0.2, 0) is 14.3 Å². The highest BCUT2D eigenvalue weighted by Crippen LogP contribution is 1.82. The molecule has 0 fully saturated rings. The molecule has 0 aromatic rings. The van der Waals surface area contributed by atoms with Gasteiger partial charge in [0.05, 0.1) is 13.2 Å². The van der Waals surface area contributed by atoms with Crippen LogP contribution in [0.2, 0.25) is 0 Å². The van der Waals surface area contributed by atoms with E-state index in [9.17, 15) is 9.59 Å². The molecule has 0 unspecified atom stereocenters. The van der Waals surface area contributed by atoms with Crippen LogP contribution in [0.5, 0.6) is 0 Å². The first kappa shape index (κ1) is 13.9. The van der Waals surface area contributed by atoms with Crippen LogP contribution in [0.1, 0.15) is 6.92 Å². The molecular formula is C9H19N3O3. The monoisotopic (exact) mass is 217 g/mol. The molecule has 6 heteroatoms. The molecule has 0 aliphatic carbocycles. The maximum atomic E-state index is 11.3. The smallest absolute Gasteiger partial charge is 0.246 e. The predicted octanol–water partition coefficient (Wildman–Crippen LogP) is -1.44. The summed E-state index contributed by atoms with van der Waals surface area (Å²) in [4.78, 5) is 23.9. The maximum Gasteiger partial charge on any atom is 0.246 e. The first-order valence-corrected chi connectivity index (χ1v) is 4.90. The van der Waals surface area contributed by atoms with E-state index in [4.69, 9.17) is 10.5 Å². The molecular weight excluding hydrogens is 198 g/mol. The Bertz CT molecular complexity index is 209. The van der Waals surface area contributed by atoms with Crippen LogP contribution < -0.4 is 11.1 Å². The molecule has 0 aliphatic heterocycles. The Morgan fingerprint density at radius 1 is 1.47 bits per heavy atom. The zero-order valence-corrected chi connectivity index (χ0v) is 9.28. The van der Waals surface area contributed by atoms with Crippen molar-refractivity contribution in [2.45, 2.75) is 6.92 Å². The lowest BCUT2D eigenvalue weighted by Crippen LogP contribution is -2.39. The minimum Gasteiger partial charge on any atom is -0.370 e. The van der Waals surface area contributed by atoms with Gasteiger partial charge >= 0.3 is 0 Å². The Labute approximate surface area is 89.7 Å². The van der Waals surface area contributed by atoms with Crippen LogP contribution in [0.4, 0.5) is 0 Å². The van der Waals surface area contributed by atoms with Crippen molar-refractivity contribution < 1.29 is 14.3 Å². The van der Waals surface area contributed by atoms with Crippen LogP contribution in [0.3, 0.4) is 0 Å². The lowest BCUT2D eigenvalue weighted by atomic mass is 10.5. The van der Waals surface area contributed by atoms with Gasteiger partial charge in [0.15, 0.2) is 0 Å². The quantitative estimate of drug-likeness (QED) is 0.511. The fourth-order valence-corrected chi connectivity index (χ4v) is 0.785. The van der Waals surface area contributed by atoms with Crippen molar-refractivity contribution in [1.29, 1.82) is 0 Å². The van der Waals surface area contributed by atoms with E-state index in [0.717, 1.165) is 0 Å². The van der Waals surface area contributed by atoms with E-state index in [1.54, 1.807) is 7.05 Å². The summed E-state index contributed by atoms with van der Waals surface area (Å²) in [6.45, 7) is 3.17. The van der Waals surface area contributed by atoms with Crippen LogP contribution >= 0.6 is 0 Å². The third-order valence-corrected chi connectivity index (χ3v) is 1.83. The molecule has 88 valence electrons. The molecule has 0 aromatic carbocycles. The van der Waals surface area contributed by atoms with Gasteiger partial charge in [-0.25, -0.2) is 0 Å². The molecule has 2 amide bonds. The van der Waals surface area contributed by atoms with E-state index in [1.807, 2.05) is 6.92 Å². The number of hydrogen-bond acceptors (Lipinski definition) is 4. The van der Waals surface area contributed by atoms with Gasteiger partial charge in [-0.3, -0.25) is 9.59 Å². The van der Waals surface area contributed by atoms with E-state index in [2.05, 4.69) is 5.32 Å². The van der Waals surface area contributed by atoms with Crippen LogP contribution in [0.25, 0.3) is 0 Å². The molecule has 0 bridgehead atoms. The number of nitrogens with two attached hydrogens (primary N) is 1. The minimum atomic E-state index is -0.304. The molecule has 0 aromatic heterocycles. The molecule has 15 heavy (non-hydrogen) atoms. The van der Waals surface area contributed by atoms with Crippen molar-refractivity contribution >= 4 is 11.8 Å². The van der Waals surface area contributed by atoms with Gasteiger partial charge in [-0.2, -0.15) is 0 Å². The SMILES string of the molecule is CCN(C)C(=O)CNC(=O)COCCN. The van der Waals surface area contributed by atoms with E-state index in [-0.39, 0.29) is 25.0 Å². The Morgan fingerprint density at radius 2 is 2.13 bits per heavy atom. The average Bonchev–Trinajstić information content (AvgIpc) is 2.25. The van der Waals surface area contributed by atoms with Crippen molar-refractivity contribution in [3.63, 3.8) is 0 Å². The zero-order valence-electron chi connectivity index (χ0n) is 9.28. The zero-order chi connectivity index (χ0) is 11.7. The van der Waals surface area contributed by atoms with Gasteiger partial charge < -0.3 is 20.7 Å². The highest BCUT2D eigenvalue weighted by molar-refractivity contribution is 5.85. The Balaban J connectivity index is 3.57. The van der Waals surface area contributed by atoms with Crippen molar-refractivity contribution in [1.82, 2.24) is 10.2 Å². The fraction of sp³-hybridized carbons (Fsp3) is 0.778. The standard InChI is InChI=1S/C9H19N3O3/c1-3-12(2)9(14)6-11-8(13)7-15-5-4-10/h3-7,10H2,1-2H3,(H,11,13). The van der Waals surface area contributed by atoms with E-state index >= 15 is 0 Å². The summed E-state index contributed by atoms with van der Waals surface area (Å²) in [5, 5.41) is 2.46. The summed E-state index contributed by atoms with van der Waals surface area (Å²) in [5.74, 6) is -0.425. The van der Waals surface area contributed by atoms with Crippen LogP contribution in [-0.4, -0.2) is 56.6 Å². The number of nitrogens with zero attached hydrogens (tertiary/aromatic N) is 1. The van der Waals surface area contributed by atoms with Crippen molar-refractivity contribution in [3.05, 3.63) is 0 Å². The molecule has 0 rings (SSSR count). The summed E-state index contributed by atoms with van der Waals surface area (Å²) >= 11 is 0. The summed E-state index contributed by atoms with van der Waals surface area (Å²) in [6, 6.07) is 0. The number of hydrogen-bond donors (Lipinski definition) is 2. The van der Waals surface area contributed by atoms with Gasteiger partial charge in [-0.1, -0.05) is 0 Å². The number of nitrogens with one attached hydrogen (secondary N) is 1. The van der Waals surface area contributed by atoms with Crippen molar-refractivity contribution in [2.75, 3.05) is 39.9 Å². The Morgan fingerprint density at radius 3 is 2.67 bits per heavy atom. The molecule has 0 heterocycles. The molecule has 0 atom stereocenters. The average molecular weight is 217 g/mol. The number of rotatable bonds is 7. The van der Waals surface area contributed by atoms with Gasteiger partial charge in [0, 0.05) is 20.1 Å². The number of amides is 2. The van der Waals surface area contributed by atoms with E-state index in [1.165, 1.54) is 4.90 Å². The summed E-state index contributed by atoms with van der Waals surface area (Å²) in [6.07, 6.45) is 0. The van der Waals surface area contributed by atoms with Crippen LogP contribution in [0.15, 0.2) is 0 Å². The predicted molar refractivity (Wildman–Crippen MR) is 56.2 cm³/mol. The van der Waals surface area contributed by atoms with Gasteiger partial charge in [0.1, 0.15) is 6.61 Å². The van der Waals surface area contributed by atoms with Gasteiger partial charge in [0.2, 0.25) is 11.8 Å². The van der Waals surface area contributed by atoms with Crippen molar-refractivity contribution in [2.24, 2.45) is 5.73 Å². The van der Waals surface area contributed by atoms with Crippen molar-refractivity contribution in [3.8, 4) is 0 Å². The molecule has 0 saturated heterocycles. The van der Waals surface area contributed by atoms with E-state index in [0.29, 0.717) is 19.7 Å². The molecule has 0 saturated carbocycles. The third-order valence-electron chi connectivity index (χ3n) is 1.83. The number of ether oxygens (including phenoxy) is 1. The number of carbonyl (C=O) groups excluding carboxylic acids is 2. The van der Waals surface area contributed by atoms with Gasteiger partial charge in [-0.15, -0.1) is 0 Å². The second-order valence-corrected chi connectivity index (χ2v) is 3.03. The lowest BCUT2D eigenvalue weighted by Gasteiger charge is -2.14. The van der Waals surface area contributed by atoms with E-state index < -0.39 is 0 Å². The molecule has 3 N–H and O–H groups in total. The Hall–Kier alpha value is -1.14. The minimum absolute atomic E-state index is 0.00909. The second-order valence-electron chi connectivity index (χ2n) is 3.03. The summed E-state index contributed by atoms with van der Waals surface area (Å²) in [7, 11) is 1.68. The lowest BCUT2D eigenvalue weighted by molar-refractivity contribution is -0.133. The summed E-state index contributed by atoms with van der Waals surface area (Å²) in [5.41, 5.74) is 5.18. The highest BCUT2D eigenvalue weighted by atomic mass is 16.5. The Kier molecular flexibility index (Phi) is 7.57. The highest BCUT2D eigenvalue weighted by Gasteiger charge is 2.08. The molecule has 6 nitrogen and oxygen atoms in total. The largest absolute Gasteiger partial charge is 0.370 e. The number of carbonyl (C=O) groups is 2. The van der Waals surface area contributed by atoms with Gasteiger partial charge in [0.25, 0.3) is 0 Å². The molecule has 0 spiro atoms. The topological polar surface area (TPSA) is 84.7 Å². The maximum absolute atomic E-state index is 11.3. The first-order chi connectivity index (χ1) is 7.11. The fourth-order valence-electron chi connectivity index (χ4n) is 0.785. The summed E-state index contributed by atoms with van der Waals surface area (Å²) < 4.78 is 4.90. The van der Waals surface area contributed by atoms with Gasteiger partial charge in [-0.05, 0) is 6.92 Å². The normalized spacial score (nSPS) is 9.80. The third kappa shape index (κ3) is 6.87. The molecule has 0 radical (unpaired) electrons. The molecule has 0 aliphatic rings. The van der Waals surface area contributed by atoms with Crippen LogP contribution in [0, 0.1) is 0 Å². The number of likely N-dealkylation sites (N-methyl/N-ethyl adjacent to an activating group) is 1. The second kappa shape index (κ2) is 8.19.